The first-order valence-electron chi connectivity index (χ1n) is 7.12. The first-order chi connectivity index (χ1) is 12.6. The lowest BCUT2D eigenvalue weighted by atomic mass is 10.1. The number of alkyl halides is 3. The van der Waals surface area contributed by atoms with Crippen LogP contribution in [0.1, 0.15) is 16.2 Å². The summed E-state index contributed by atoms with van der Waals surface area (Å²) in [4.78, 5) is 32.8. The summed E-state index contributed by atoms with van der Waals surface area (Å²) in [6, 6.07) is 8.63. The fourth-order valence-corrected chi connectivity index (χ4v) is 2.54. The van der Waals surface area contributed by atoms with Crippen molar-refractivity contribution < 1.29 is 27.9 Å². The standard InChI is InChI=1S/C13H10N4O2S.C2HF3O2/c1-7-6-10(20-17-7)14-13(19)11-8-4-2-3-5-9(8)12(18)16-15-11;3-2(4,5)1(6)7/h2-6H,1H3,(H,14,19)(H,16,18);(H,6,7). The molecule has 27 heavy (non-hydrogen) atoms. The first kappa shape index (κ1) is 20.0. The minimum absolute atomic E-state index is 0.186. The van der Waals surface area contributed by atoms with Crippen LogP contribution in [0.15, 0.2) is 35.1 Å². The van der Waals surface area contributed by atoms with Gasteiger partial charge in [0, 0.05) is 5.39 Å². The molecule has 0 fully saturated rings. The molecule has 0 spiro atoms. The smallest absolute Gasteiger partial charge is 0.475 e. The number of carboxylic acid groups (broad SMARTS) is 1. The van der Waals surface area contributed by atoms with Crippen molar-refractivity contribution in [3.8, 4) is 0 Å². The lowest BCUT2D eigenvalue weighted by Crippen LogP contribution is -2.21. The number of carbonyl (C=O) groups is 2. The van der Waals surface area contributed by atoms with E-state index in [1.165, 1.54) is 11.5 Å². The van der Waals surface area contributed by atoms with E-state index in [1.807, 2.05) is 6.92 Å². The zero-order chi connectivity index (χ0) is 20.2. The van der Waals surface area contributed by atoms with E-state index in [0.717, 1.165) is 5.69 Å². The summed E-state index contributed by atoms with van der Waals surface area (Å²) >= 11 is 1.20. The molecule has 0 aliphatic rings. The van der Waals surface area contributed by atoms with Gasteiger partial charge in [0.25, 0.3) is 11.5 Å². The maximum atomic E-state index is 12.2. The number of amides is 1. The molecular formula is C15H11F3N4O4S. The Balaban J connectivity index is 0.000000321. The monoisotopic (exact) mass is 400 g/mol. The van der Waals surface area contributed by atoms with Crippen LogP contribution in [0.25, 0.3) is 10.8 Å². The summed E-state index contributed by atoms with van der Waals surface area (Å²) in [6.45, 7) is 1.85. The highest BCUT2D eigenvalue weighted by Gasteiger charge is 2.38. The van der Waals surface area contributed by atoms with Crippen molar-refractivity contribution >= 4 is 39.2 Å². The van der Waals surface area contributed by atoms with Gasteiger partial charge < -0.3 is 10.4 Å². The molecule has 0 aliphatic heterocycles. The number of fused-ring (bicyclic) bond motifs is 1. The van der Waals surface area contributed by atoms with Crippen LogP contribution in [0.5, 0.6) is 0 Å². The van der Waals surface area contributed by atoms with Gasteiger partial charge in [-0.3, -0.25) is 9.59 Å². The number of rotatable bonds is 2. The van der Waals surface area contributed by atoms with E-state index in [0.29, 0.717) is 15.8 Å². The molecule has 0 atom stereocenters. The van der Waals surface area contributed by atoms with E-state index < -0.39 is 12.1 Å². The Morgan fingerprint density at radius 2 is 1.81 bits per heavy atom. The molecule has 142 valence electrons. The van der Waals surface area contributed by atoms with Gasteiger partial charge in [0.05, 0.1) is 11.1 Å². The van der Waals surface area contributed by atoms with Crippen molar-refractivity contribution in [2.45, 2.75) is 13.1 Å². The minimum Gasteiger partial charge on any atom is -0.475 e. The van der Waals surface area contributed by atoms with Crippen LogP contribution in [-0.2, 0) is 4.79 Å². The van der Waals surface area contributed by atoms with Crippen molar-refractivity contribution in [1.29, 1.82) is 0 Å². The number of halogens is 3. The summed E-state index contributed by atoms with van der Waals surface area (Å²) in [5.74, 6) is -3.13. The van der Waals surface area contributed by atoms with Gasteiger partial charge in [-0.25, -0.2) is 9.89 Å². The van der Waals surface area contributed by atoms with Crippen LogP contribution in [0.4, 0.5) is 18.2 Å². The molecule has 1 aromatic carbocycles. The van der Waals surface area contributed by atoms with Gasteiger partial charge in [0.15, 0.2) is 5.69 Å². The number of aliphatic carboxylic acids is 1. The topological polar surface area (TPSA) is 125 Å². The molecule has 0 bridgehead atoms. The highest BCUT2D eigenvalue weighted by Crippen LogP contribution is 2.18. The van der Waals surface area contributed by atoms with Gasteiger partial charge >= 0.3 is 12.1 Å². The normalized spacial score (nSPS) is 10.8. The van der Waals surface area contributed by atoms with Crippen LogP contribution in [-0.4, -0.2) is 37.7 Å². The average molecular weight is 400 g/mol. The van der Waals surface area contributed by atoms with Gasteiger partial charge in [-0.15, -0.1) is 0 Å². The third kappa shape index (κ3) is 5.10. The molecule has 3 N–H and O–H groups in total. The number of aryl methyl sites for hydroxylation is 1. The zero-order valence-electron chi connectivity index (χ0n) is 13.5. The number of carboxylic acids is 1. The van der Waals surface area contributed by atoms with E-state index in [9.17, 15) is 22.8 Å². The highest BCUT2D eigenvalue weighted by atomic mass is 32.1. The van der Waals surface area contributed by atoms with E-state index in [-0.39, 0.29) is 17.2 Å². The molecule has 2 aromatic heterocycles. The number of H-pyrrole nitrogens is 1. The number of hydrogen-bond acceptors (Lipinski definition) is 6. The Kier molecular flexibility index (Phi) is 5.90. The van der Waals surface area contributed by atoms with Crippen molar-refractivity contribution in [2.24, 2.45) is 0 Å². The number of carbonyl (C=O) groups excluding carboxylic acids is 1. The van der Waals surface area contributed by atoms with Crippen molar-refractivity contribution in [1.82, 2.24) is 14.6 Å². The third-order valence-corrected chi connectivity index (χ3v) is 3.81. The third-order valence-electron chi connectivity index (χ3n) is 3.02. The lowest BCUT2D eigenvalue weighted by Gasteiger charge is -2.04. The lowest BCUT2D eigenvalue weighted by molar-refractivity contribution is -0.192. The maximum absolute atomic E-state index is 12.2. The number of nitrogens with zero attached hydrogens (tertiary/aromatic N) is 2. The number of hydrogen-bond donors (Lipinski definition) is 3. The second kappa shape index (κ2) is 7.95. The number of nitrogens with one attached hydrogen (secondary N) is 2. The van der Waals surface area contributed by atoms with Crippen LogP contribution in [0.2, 0.25) is 0 Å². The molecule has 1 amide bonds. The summed E-state index contributed by atoms with van der Waals surface area (Å²) in [5, 5.41) is 17.6. The van der Waals surface area contributed by atoms with Gasteiger partial charge in [0.2, 0.25) is 0 Å². The largest absolute Gasteiger partial charge is 0.490 e. The summed E-state index contributed by atoms with van der Waals surface area (Å²) in [7, 11) is 0. The predicted octanol–water partition coefficient (Wildman–Crippen LogP) is 2.57. The van der Waals surface area contributed by atoms with Crippen LogP contribution in [0.3, 0.4) is 0 Å². The maximum Gasteiger partial charge on any atom is 0.490 e. The average Bonchev–Trinajstić information content (AvgIpc) is 3.00. The van der Waals surface area contributed by atoms with Gasteiger partial charge in [0.1, 0.15) is 5.00 Å². The molecule has 0 radical (unpaired) electrons. The fraction of sp³-hybridized carbons (Fsp3) is 0.133. The van der Waals surface area contributed by atoms with Gasteiger partial charge in [-0.2, -0.15) is 22.6 Å². The second-order valence-electron chi connectivity index (χ2n) is 5.04. The van der Waals surface area contributed by atoms with Gasteiger partial charge in [-0.1, -0.05) is 18.2 Å². The summed E-state index contributed by atoms with van der Waals surface area (Å²) in [5.41, 5.74) is 0.710. The minimum atomic E-state index is -5.08. The van der Waals surface area contributed by atoms with E-state index in [4.69, 9.17) is 9.90 Å². The predicted molar refractivity (Wildman–Crippen MR) is 90.9 cm³/mol. The Morgan fingerprint density at radius 3 is 2.33 bits per heavy atom. The molecule has 0 saturated carbocycles. The molecule has 3 aromatic rings. The highest BCUT2D eigenvalue weighted by molar-refractivity contribution is 7.10. The van der Waals surface area contributed by atoms with Crippen LogP contribution < -0.4 is 10.9 Å². The summed E-state index contributed by atoms with van der Waals surface area (Å²) < 4.78 is 35.8. The number of aromatic amines is 1. The van der Waals surface area contributed by atoms with Crippen LogP contribution in [0, 0.1) is 6.92 Å². The molecule has 3 rings (SSSR count). The Morgan fingerprint density at radius 1 is 1.22 bits per heavy atom. The molecule has 0 unspecified atom stereocenters. The van der Waals surface area contributed by atoms with E-state index >= 15 is 0 Å². The Labute approximate surface area is 152 Å². The van der Waals surface area contributed by atoms with Crippen LogP contribution >= 0.6 is 11.5 Å². The van der Waals surface area contributed by atoms with E-state index in [2.05, 4.69) is 19.9 Å². The quantitative estimate of drug-likeness (QED) is 0.607. The molecule has 0 saturated heterocycles. The van der Waals surface area contributed by atoms with E-state index in [1.54, 1.807) is 30.3 Å². The zero-order valence-corrected chi connectivity index (χ0v) is 14.3. The van der Waals surface area contributed by atoms with Gasteiger partial charge in [-0.05, 0) is 30.6 Å². The second-order valence-corrected chi connectivity index (χ2v) is 5.84. The van der Waals surface area contributed by atoms with Crippen molar-refractivity contribution in [3.63, 3.8) is 0 Å². The molecule has 2 heterocycles. The molecule has 12 heteroatoms. The molecular weight excluding hydrogens is 389 g/mol. The Hall–Kier alpha value is -3.28. The molecule has 8 nitrogen and oxygen atoms in total. The molecule has 0 aliphatic carbocycles. The number of aromatic nitrogens is 3. The SMILES string of the molecule is Cc1cc(NC(=O)c2n[nH]c(=O)c3ccccc23)sn1.O=C(O)C(F)(F)F. The van der Waals surface area contributed by atoms with Crippen molar-refractivity contribution in [3.05, 3.63) is 52.1 Å². The number of anilines is 1. The number of benzene rings is 1. The van der Waals surface area contributed by atoms with Crippen molar-refractivity contribution in [2.75, 3.05) is 5.32 Å². The fourth-order valence-electron chi connectivity index (χ4n) is 1.88. The Bertz CT molecular complexity index is 1050. The first-order valence-corrected chi connectivity index (χ1v) is 7.89. The summed E-state index contributed by atoms with van der Waals surface area (Å²) in [6.07, 6.45) is -5.08.